The van der Waals surface area contributed by atoms with Gasteiger partial charge in [0.05, 0.1) is 17.6 Å². The summed E-state index contributed by atoms with van der Waals surface area (Å²) in [5.41, 5.74) is 2.12. The van der Waals surface area contributed by atoms with E-state index >= 15 is 0 Å². The minimum absolute atomic E-state index is 0.251. The normalized spacial score (nSPS) is 11.6. The second kappa shape index (κ2) is 5.07. The number of hydrogen-bond acceptors (Lipinski definition) is 4. The van der Waals surface area contributed by atoms with Gasteiger partial charge >= 0.3 is 0 Å². The molecular formula is C15H18N4O. The van der Waals surface area contributed by atoms with E-state index in [2.05, 4.69) is 32.7 Å². The molecule has 0 saturated carbocycles. The van der Waals surface area contributed by atoms with Gasteiger partial charge in [-0.2, -0.15) is 4.98 Å². The molecule has 3 aromatic rings. The number of rotatable bonds is 4. The van der Waals surface area contributed by atoms with E-state index in [1.54, 1.807) is 0 Å². The molecule has 0 fully saturated rings. The maximum absolute atomic E-state index is 5.27. The van der Waals surface area contributed by atoms with E-state index in [1.807, 2.05) is 32.0 Å². The molecular weight excluding hydrogens is 252 g/mol. The molecule has 0 aliphatic rings. The van der Waals surface area contributed by atoms with Crippen LogP contribution in [0.1, 0.15) is 44.2 Å². The summed E-state index contributed by atoms with van der Waals surface area (Å²) < 4.78 is 7.42. The summed E-state index contributed by atoms with van der Waals surface area (Å²) in [7, 11) is 0. The molecule has 0 bridgehead atoms. The Morgan fingerprint density at radius 2 is 2.00 bits per heavy atom. The van der Waals surface area contributed by atoms with Gasteiger partial charge in [-0.1, -0.05) is 38.1 Å². The lowest BCUT2D eigenvalue weighted by atomic mass is 10.2. The fourth-order valence-corrected chi connectivity index (χ4v) is 2.28. The largest absolute Gasteiger partial charge is 0.339 e. The second-order valence-corrected chi connectivity index (χ2v) is 5.16. The lowest BCUT2D eigenvalue weighted by molar-refractivity contribution is 0.360. The van der Waals surface area contributed by atoms with Gasteiger partial charge in [-0.05, 0) is 12.1 Å². The summed E-state index contributed by atoms with van der Waals surface area (Å²) in [6.07, 6.45) is 0.879. The fourth-order valence-electron chi connectivity index (χ4n) is 2.28. The third-order valence-electron chi connectivity index (χ3n) is 3.33. The van der Waals surface area contributed by atoms with Gasteiger partial charge in [0, 0.05) is 12.3 Å². The topological polar surface area (TPSA) is 56.7 Å². The summed E-state index contributed by atoms with van der Waals surface area (Å²) in [6, 6.07) is 8.13. The summed E-state index contributed by atoms with van der Waals surface area (Å²) in [5.74, 6) is 2.68. The predicted octanol–water partition coefficient (Wildman–Crippen LogP) is 3.15. The maximum atomic E-state index is 5.27. The van der Waals surface area contributed by atoms with Gasteiger partial charge < -0.3 is 9.09 Å². The number of para-hydroxylation sites is 2. The van der Waals surface area contributed by atoms with Crippen LogP contribution >= 0.6 is 0 Å². The van der Waals surface area contributed by atoms with Crippen LogP contribution in [0.15, 0.2) is 28.8 Å². The third kappa shape index (κ3) is 2.19. The third-order valence-corrected chi connectivity index (χ3v) is 3.33. The Morgan fingerprint density at radius 1 is 1.20 bits per heavy atom. The molecule has 2 aromatic heterocycles. The first-order valence-electron chi connectivity index (χ1n) is 6.95. The van der Waals surface area contributed by atoms with Crippen molar-refractivity contribution in [1.82, 2.24) is 19.7 Å². The molecule has 0 aliphatic carbocycles. The molecule has 5 nitrogen and oxygen atoms in total. The van der Waals surface area contributed by atoms with Gasteiger partial charge in [-0.25, -0.2) is 4.98 Å². The van der Waals surface area contributed by atoms with Crippen LogP contribution < -0.4 is 0 Å². The Bertz CT molecular complexity index is 726. The van der Waals surface area contributed by atoms with Gasteiger partial charge in [0.1, 0.15) is 5.82 Å². The van der Waals surface area contributed by atoms with Crippen LogP contribution in [0.4, 0.5) is 0 Å². The highest BCUT2D eigenvalue weighted by Crippen LogP contribution is 2.18. The quantitative estimate of drug-likeness (QED) is 0.730. The number of imidazole rings is 1. The van der Waals surface area contributed by atoms with E-state index in [9.17, 15) is 0 Å². The lowest BCUT2D eigenvalue weighted by Crippen LogP contribution is -2.06. The van der Waals surface area contributed by atoms with E-state index in [-0.39, 0.29) is 5.92 Å². The summed E-state index contributed by atoms with van der Waals surface area (Å²) in [6.45, 7) is 6.79. The van der Waals surface area contributed by atoms with Gasteiger partial charge in [0.2, 0.25) is 5.89 Å². The van der Waals surface area contributed by atoms with Crippen LogP contribution in [-0.2, 0) is 13.0 Å². The van der Waals surface area contributed by atoms with E-state index in [4.69, 9.17) is 4.52 Å². The van der Waals surface area contributed by atoms with Crippen molar-refractivity contribution in [2.45, 2.75) is 39.7 Å². The number of hydrogen-bond donors (Lipinski definition) is 0. The minimum atomic E-state index is 0.251. The molecule has 0 atom stereocenters. The van der Waals surface area contributed by atoms with Gasteiger partial charge in [-0.15, -0.1) is 0 Å². The number of aryl methyl sites for hydroxylation is 1. The van der Waals surface area contributed by atoms with Gasteiger partial charge in [-0.3, -0.25) is 0 Å². The molecule has 2 heterocycles. The molecule has 20 heavy (non-hydrogen) atoms. The molecule has 104 valence electrons. The zero-order valence-electron chi connectivity index (χ0n) is 12.0. The molecule has 0 unspecified atom stereocenters. The van der Waals surface area contributed by atoms with E-state index < -0.39 is 0 Å². The summed E-state index contributed by atoms with van der Waals surface area (Å²) in [5, 5.41) is 4.06. The van der Waals surface area contributed by atoms with Crippen molar-refractivity contribution < 1.29 is 4.52 Å². The fraction of sp³-hybridized carbons (Fsp3) is 0.400. The zero-order chi connectivity index (χ0) is 14.1. The zero-order valence-corrected chi connectivity index (χ0v) is 12.0. The monoisotopic (exact) mass is 270 g/mol. The standard InChI is InChI=1S/C15H18N4O/c1-4-14-16-11-7-5-6-8-12(11)19(14)9-13-17-15(10(2)3)20-18-13/h5-8,10H,4,9H2,1-3H3. The predicted molar refractivity (Wildman–Crippen MR) is 76.6 cm³/mol. The van der Waals surface area contributed by atoms with Crippen molar-refractivity contribution in [3.8, 4) is 0 Å². The van der Waals surface area contributed by atoms with Crippen molar-refractivity contribution in [2.75, 3.05) is 0 Å². The molecule has 0 aliphatic heterocycles. The number of nitrogens with zero attached hydrogens (tertiary/aromatic N) is 4. The highest BCUT2D eigenvalue weighted by Gasteiger charge is 2.14. The number of benzene rings is 1. The Morgan fingerprint density at radius 3 is 2.70 bits per heavy atom. The molecule has 3 rings (SSSR count). The molecule has 0 amide bonds. The van der Waals surface area contributed by atoms with Crippen molar-refractivity contribution >= 4 is 11.0 Å². The average molecular weight is 270 g/mol. The highest BCUT2D eigenvalue weighted by atomic mass is 16.5. The van der Waals surface area contributed by atoms with E-state index in [0.717, 1.165) is 23.3 Å². The summed E-state index contributed by atoms with van der Waals surface area (Å²) in [4.78, 5) is 9.09. The van der Waals surface area contributed by atoms with Crippen LogP contribution in [0.5, 0.6) is 0 Å². The smallest absolute Gasteiger partial charge is 0.229 e. The molecule has 0 N–H and O–H groups in total. The van der Waals surface area contributed by atoms with Crippen molar-refractivity contribution in [3.05, 3.63) is 41.8 Å². The van der Waals surface area contributed by atoms with E-state index in [1.165, 1.54) is 0 Å². The van der Waals surface area contributed by atoms with Crippen molar-refractivity contribution in [2.24, 2.45) is 0 Å². The maximum Gasteiger partial charge on any atom is 0.229 e. The van der Waals surface area contributed by atoms with Crippen LogP contribution in [0.25, 0.3) is 11.0 Å². The van der Waals surface area contributed by atoms with Crippen molar-refractivity contribution in [3.63, 3.8) is 0 Å². The first-order chi connectivity index (χ1) is 9.69. The Balaban J connectivity index is 2.00. The number of aromatic nitrogens is 4. The second-order valence-electron chi connectivity index (χ2n) is 5.16. The minimum Gasteiger partial charge on any atom is -0.339 e. The highest BCUT2D eigenvalue weighted by molar-refractivity contribution is 5.75. The lowest BCUT2D eigenvalue weighted by Gasteiger charge is -2.04. The van der Waals surface area contributed by atoms with Crippen LogP contribution in [0.3, 0.4) is 0 Å². The molecule has 0 radical (unpaired) electrons. The van der Waals surface area contributed by atoms with Crippen LogP contribution in [0, 0.1) is 0 Å². The molecule has 0 saturated heterocycles. The van der Waals surface area contributed by atoms with E-state index in [0.29, 0.717) is 18.3 Å². The first-order valence-corrected chi connectivity index (χ1v) is 6.95. The first kappa shape index (κ1) is 12.8. The molecule has 5 heteroatoms. The number of fused-ring (bicyclic) bond motifs is 1. The Kier molecular flexibility index (Phi) is 3.26. The average Bonchev–Trinajstić information content (AvgIpc) is 3.04. The molecule has 1 aromatic carbocycles. The Hall–Kier alpha value is -2.17. The van der Waals surface area contributed by atoms with Crippen molar-refractivity contribution in [1.29, 1.82) is 0 Å². The summed E-state index contributed by atoms with van der Waals surface area (Å²) >= 11 is 0. The van der Waals surface area contributed by atoms with Crippen LogP contribution in [-0.4, -0.2) is 19.7 Å². The Labute approximate surface area is 117 Å². The van der Waals surface area contributed by atoms with Crippen LogP contribution in [0.2, 0.25) is 0 Å². The van der Waals surface area contributed by atoms with Gasteiger partial charge in [0.15, 0.2) is 5.82 Å². The molecule has 0 spiro atoms. The van der Waals surface area contributed by atoms with Gasteiger partial charge in [0.25, 0.3) is 0 Å². The SMILES string of the molecule is CCc1nc2ccccc2n1Cc1noc(C(C)C)n1.